The molecule has 11 N–H and O–H groups in total. The zero-order chi connectivity index (χ0) is 27.6. The van der Waals surface area contributed by atoms with Gasteiger partial charge in [0, 0.05) is 6.92 Å². The molecule has 1 amide bonds. The van der Waals surface area contributed by atoms with Gasteiger partial charge >= 0.3 is 0 Å². The highest BCUT2D eigenvalue weighted by Gasteiger charge is 2.51. The molecule has 15 atom stereocenters. The van der Waals surface area contributed by atoms with Gasteiger partial charge in [0.15, 0.2) is 18.9 Å². The van der Waals surface area contributed by atoms with Crippen molar-refractivity contribution in [1.29, 1.82) is 0 Å². The summed E-state index contributed by atoms with van der Waals surface area (Å²) in [5, 5.41) is 103. The lowest BCUT2D eigenvalue weighted by Crippen LogP contribution is -2.66. The lowest BCUT2D eigenvalue weighted by molar-refractivity contribution is -0.360. The number of hydrogen-bond donors (Lipinski definition) is 11. The highest BCUT2D eigenvalue weighted by molar-refractivity contribution is 5.73. The van der Waals surface area contributed by atoms with E-state index in [1.807, 2.05) is 0 Å². The molecule has 3 aliphatic rings. The molecule has 216 valence electrons. The normalized spacial score (nSPS) is 49.0. The summed E-state index contributed by atoms with van der Waals surface area (Å²) >= 11 is 0. The number of aliphatic hydroxyl groups excluding tert-OH is 10. The first-order valence-corrected chi connectivity index (χ1v) is 11.6. The number of carbonyl (C=O) groups excluding carboxylic acids is 1. The van der Waals surface area contributed by atoms with Gasteiger partial charge in [-0.3, -0.25) is 4.79 Å². The van der Waals surface area contributed by atoms with Gasteiger partial charge in [0.05, 0.1) is 19.8 Å². The van der Waals surface area contributed by atoms with Gasteiger partial charge in [0.1, 0.15) is 73.2 Å². The fourth-order valence-electron chi connectivity index (χ4n) is 4.36. The Bertz CT molecular complexity index is 745. The summed E-state index contributed by atoms with van der Waals surface area (Å²) in [7, 11) is 0. The van der Waals surface area contributed by atoms with E-state index in [9.17, 15) is 55.9 Å². The Morgan fingerprint density at radius 1 is 0.703 bits per heavy atom. The molecule has 3 saturated heterocycles. The second-order valence-electron chi connectivity index (χ2n) is 9.11. The van der Waals surface area contributed by atoms with E-state index in [2.05, 4.69) is 5.32 Å². The van der Waals surface area contributed by atoms with Crippen molar-refractivity contribution in [3.05, 3.63) is 0 Å². The van der Waals surface area contributed by atoms with Crippen molar-refractivity contribution in [3.63, 3.8) is 0 Å². The molecule has 0 bridgehead atoms. The second kappa shape index (κ2) is 12.8. The van der Waals surface area contributed by atoms with Crippen LogP contribution in [0.5, 0.6) is 0 Å². The van der Waals surface area contributed by atoms with Gasteiger partial charge in [-0.05, 0) is 0 Å². The van der Waals surface area contributed by atoms with E-state index < -0.39 is 118 Å². The average Bonchev–Trinajstić information content (AvgIpc) is 2.86. The largest absolute Gasteiger partial charge is 0.394 e. The minimum Gasteiger partial charge on any atom is -0.394 e. The maximum absolute atomic E-state index is 11.6. The molecule has 37 heavy (non-hydrogen) atoms. The number of carbonyl (C=O) groups is 1. The molecule has 2 unspecified atom stereocenters. The third kappa shape index (κ3) is 6.55. The highest BCUT2D eigenvalue weighted by Crippen LogP contribution is 2.30. The number of hydrogen-bond acceptors (Lipinski definition) is 16. The van der Waals surface area contributed by atoms with E-state index >= 15 is 0 Å². The fraction of sp³-hybridized carbons (Fsp3) is 0.950. The third-order valence-corrected chi connectivity index (χ3v) is 6.47. The first kappa shape index (κ1) is 30.4. The lowest BCUT2D eigenvalue weighted by atomic mass is 9.96. The number of aliphatic hydroxyl groups is 10. The van der Waals surface area contributed by atoms with Gasteiger partial charge in [-0.25, -0.2) is 0 Å². The summed E-state index contributed by atoms with van der Waals surface area (Å²) in [4.78, 5) is 11.6. The van der Waals surface area contributed by atoms with Crippen molar-refractivity contribution in [3.8, 4) is 0 Å². The molecule has 3 aliphatic heterocycles. The van der Waals surface area contributed by atoms with E-state index in [0.717, 1.165) is 6.92 Å². The Kier molecular flexibility index (Phi) is 10.5. The first-order chi connectivity index (χ1) is 17.4. The number of amides is 1. The molecule has 17 nitrogen and oxygen atoms in total. The molecule has 3 fully saturated rings. The lowest BCUT2D eigenvalue weighted by Gasteiger charge is -2.46. The van der Waals surface area contributed by atoms with Gasteiger partial charge in [-0.1, -0.05) is 0 Å². The quantitative estimate of drug-likeness (QED) is 0.135. The Labute approximate surface area is 210 Å². The first-order valence-electron chi connectivity index (χ1n) is 11.6. The topological polar surface area (TPSA) is 278 Å². The molecule has 3 heterocycles. The van der Waals surface area contributed by atoms with Crippen LogP contribution in [0.4, 0.5) is 0 Å². The summed E-state index contributed by atoms with van der Waals surface area (Å²) < 4.78 is 26.9. The summed E-state index contributed by atoms with van der Waals surface area (Å²) in [6, 6.07) is -1.30. The van der Waals surface area contributed by atoms with Gasteiger partial charge in [-0.2, -0.15) is 0 Å². The number of rotatable bonds is 8. The van der Waals surface area contributed by atoms with Crippen LogP contribution in [-0.2, 0) is 28.5 Å². The van der Waals surface area contributed by atoms with Crippen LogP contribution in [0.3, 0.4) is 0 Å². The van der Waals surface area contributed by atoms with Crippen LogP contribution >= 0.6 is 0 Å². The third-order valence-electron chi connectivity index (χ3n) is 6.47. The van der Waals surface area contributed by atoms with Gasteiger partial charge in [-0.15, -0.1) is 0 Å². The molecule has 0 radical (unpaired) electrons. The van der Waals surface area contributed by atoms with Crippen LogP contribution in [0.15, 0.2) is 0 Å². The summed E-state index contributed by atoms with van der Waals surface area (Å²) in [5.41, 5.74) is 0. The molecule has 0 spiro atoms. The zero-order valence-electron chi connectivity index (χ0n) is 19.7. The molecule has 17 heteroatoms. The molecule has 0 aromatic heterocycles. The standard InChI is InChI=1S/C20H35NO16/c1-5(24)21-9-12(27)10(25)6(2-22)35-19(9)33-4-8-11(26)13(28)16(31)20(36-8)37-17-7(3-23)34-18(32)15(30)14(17)29/h6-20,22-23,25-32H,2-4H2,1H3,(H,21,24)/t6-,7-,8-,9-,10-,11+,12-,13+,14-,15-,16?,17-,18?,19-,20+/m1/s1. The van der Waals surface area contributed by atoms with Crippen LogP contribution in [0.2, 0.25) is 0 Å². The molecular weight excluding hydrogens is 510 g/mol. The van der Waals surface area contributed by atoms with Crippen molar-refractivity contribution < 1.29 is 79.5 Å². The zero-order valence-corrected chi connectivity index (χ0v) is 19.7. The van der Waals surface area contributed by atoms with Crippen LogP contribution in [0, 0.1) is 0 Å². The molecule has 0 aliphatic carbocycles. The molecular formula is C20H35NO16. The second-order valence-corrected chi connectivity index (χ2v) is 9.11. The van der Waals surface area contributed by atoms with Crippen molar-refractivity contribution in [2.24, 2.45) is 0 Å². The molecule has 0 aromatic rings. The summed E-state index contributed by atoms with van der Waals surface area (Å²) in [6.07, 6.45) is -23.0. The Morgan fingerprint density at radius 3 is 1.89 bits per heavy atom. The van der Waals surface area contributed by atoms with E-state index in [4.69, 9.17) is 23.7 Å². The van der Waals surface area contributed by atoms with Crippen molar-refractivity contribution in [1.82, 2.24) is 5.32 Å². The van der Waals surface area contributed by atoms with Crippen molar-refractivity contribution in [2.75, 3.05) is 19.8 Å². The number of nitrogens with one attached hydrogen (secondary N) is 1. The summed E-state index contributed by atoms with van der Waals surface area (Å²) in [6.45, 7) is -0.926. The van der Waals surface area contributed by atoms with Crippen LogP contribution < -0.4 is 5.32 Å². The molecule has 3 rings (SSSR count). The SMILES string of the molecule is CC(=O)N[C@H]1[C@H](OC[C@H]2O[C@@H](O[C@H]3[C@H](O)[C@@H](O)C(O)O[C@@H]3CO)C(O)[C@@H](O)[C@H]2O)O[C@H](CO)[C@@H](O)[C@@H]1O. The van der Waals surface area contributed by atoms with Crippen LogP contribution in [0.1, 0.15) is 6.92 Å². The maximum Gasteiger partial charge on any atom is 0.217 e. The number of ether oxygens (including phenoxy) is 5. The monoisotopic (exact) mass is 545 g/mol. The van der Waals surface area contributed by atoms with E-state index in [-0.39, 0.29) is 0 Å². The maximum atomic E-state index is 11.6. The highest BCUT2D eigenvalue weighted by atomic mass is 16.7. The van der Waals surface area contributed by atoms with Crippen LogP contribution in [0.25, 0.3) is 0 Å². The van der Waals surface area contributed by atoms with Crippen molar-refractivity contribution >= 4 is 5.91 Å². The van der Waals surface area contributed by atoms with Gasteiger partial charge < -0.3 is 80.1 Å². The van der Waals surface area contributed by atoms with E-state index in [1.165, 1.54) is 0 Å². The predicted molar refractivity (Wildman–Crippen MR) is 113 cm³/mol. The minimum atomic E-state index is -1.88. The van der Waals surface area contributed by atoms with Crippen LogP contribution in [-0.4, -0.2) is 169 Å². The Morgan fingerprint density at radius 2 is 1.30 bits per heavy atom. The molecule has 0 saturated carbocycles. The van der Waals surface area contributed by atoms with E-state index in [0.29, 0.717) is 0 Å². The average molecular weight is 545 g/mol. The predicted octanol–water partition coefficient (Wildman–Crippen LogP) is -7.43. The Balaban J connectivity index is 1.71. The minimum absolute atomic E-state index is 0.596. The van der Waals surface area contributed by atoms with Gasteiger partial charge in [0.25, 0.3) is 0 Å². The smallest absolute Gasteiger partial charge is 0.217 e. The van der Waals surface area contributed by atoms with Crippen molar-refractivity contribution in [2.45, 2.75) is 99.0 Å². The van der Waals surface area contributed by atoms with E-state index in [1.54, 1.807) is 0 Å². The Hall–Kier alpha value is -1.13. The molecule has 0 aromatic carbocycles. The fourth-order valence-corrected chi connectivity index (χ4v) is 4.36. The van der Waals surface area contributed by atoms with Gasteiger partial charge in [0.2, 0.25) is 5.91 Å². The summed E-state index contributed by atoms with van der Waals surface area (Å²) in [5.74, 6) is -0.601.